The van der Waals surface area contributed by atoms with Gasteiger partial charge >= 0.3 is 0 Å². The van der Waals surface area contributed by atoms with Crippen LogP contribution in [0.2, 0.25) is 0 Å². The van der Waals surface area contributed by atoms with E-state index in [2.05, 4.69) is 9.71 Å². The number of carbonyl (C=O) groups is 1. The molecule has 1 atom stereocenters. The average Bonchev–Trinajstić information content (AvgIpc) is 2.82. The van der Waals surface area contributed by atoms with Gasteiger partial charge in [0.1, 0.15) is 0 Å². The number of rotatable bonds is 4. The molecular weight excluding hydrogens is 338 g/mol. The molecule has 1 aromatic rings. The number of carbonyl (C=O) groups excluding carboxylic acids is 1. The molecule has 0 radical (unpaired) electrons. The van der Waals surface area contributed by atoms with E-state index in [0.29, 0.717) is 23.9 Å². The maximum absolute atomic E-state index is 12.2. The molecule has 0 spiro atoms. The highest BCUT2D eigenvalue weighted by Gasteiger charge is 2.33. The number of amides is 1. The number of nitrogens with one attached hydrogen (secondary N) is 1. The van der Waals surface area contributed by atoms with E-state index in [1.807, 2.05) is 17.9 Å². The van der Waals surface area contributed by atoms with Crippen LogP contribution in [0.3, 0.4) is 0 Å². The molecule has 0 bridgehead atoms. The van der Waals surface area contributed by atoms with E-state index in [1.165, 1.54) is 11.8 Å². The van der Waals surface area contributed by atoms with Crippen molar-refractivity contribution in [2.24, 2.45) is 4.40 Å². The molecule has 7 nitrogen and oxygen atoms in total. The topological polar surface area (TPSA) is 88.1 Å². The van der Waals surface area contributed by atoms with Crippen molar-refractivity contribution in [3.63, 3.8) is 0 Å². The zero-order valence-corrected chi connectivity index (χ0v) is 14.4. The van der Waals surface area contributed by atoms with E-state index in [1.54, 1.807) is 19.2 Å². The van der Waals surface area contributed by atoms with Crippen LogP contribution in [0.15, 0.2) is 27.5 Å². The normalized spacial score (nSPS) is 19.6. The SMILES string of the molecule is COC[C@@H](C)NC(=O)c1ccc2c(c1)SC1=NS(=O)(=O)CCN12. The Labute approximate surface area is 139 Å². The highest BCUT2D eigenvalue weighted by Crippen LogP contribution is 2.42. The van der Waals surface area contributed by atoms with Crippen LogP contribution in [0.4, 0.5) is 5.69 Å². The van der Waals surface area contributed by atoms with Crippen molar-refractivity contribution < 1.29 is 17.9 Å². The van der Waals surface area contributed by atoms with Crippen molar-refractivity contribution in [1.29, 1.82) is 0 Å². The van der Waals surface area contributed by atoms with E-state index in [4.69, 9.17) is 4.74 Å². The monoisotopic (exact) mass is 355 g/mol. The predicted molar refractivity (Wildman–Crippen MR) is 89.7 cm³/mol. The molecule has 0 aromatic heterocycles. The molecule has 1 amide bonds. The van der Waals surface area contributed by atoms with E-state index >= 15 is 0 Å². The molecule has 0 aliphatic carbocycles. The fourth-order valence-corrected chi connectivity index (χ4v) is 4.77. The largest absolute Gasteiger partial charge is 0.383 e. The molecule has 0 unspecified atom stereocenters. The van der Waals surface area contributed by atoms with Crippen LogP contribution in [0.1, 0.15) is 17.3 Å². The maximum Gasteiger partial charge on any atom is 0.257 e. The van der Waals surface area contributed by atoms with Crippen LogP contribution in [0.25, 0.3) is 0 Å². The summed E-state index contributed by atoms with van der Waals surface area (Å²) in [7, 11) is -1.79. The minimum absolute atomic E-state index is 0.00721. The van der Waals surface area contributed by atoms with Crippen LogP contribution in [0.5, 0.6) is 0 Å². The van der Waals surface area contributed by atoms with Gasteiger partial charge in [-0.05, 0) is 36.9 Å². The van der Waals surface area contributed by atoms with Gasteiger partial charge < -0.3 is 15.0 Å². The average molecular weight is 355 g/mol. The van der Waals surface area contributed by atoms with Crippen molar-refractivity contribution >= 4 is 38.5 Å². The lowest BCUT2D eigenvalue weighted by Gasteiger charge is -2.22. The fourth-order valence-electron chi connectivity index (χ4n) is 2.47. The standard InChI is InChI=1S/C14H17N3O4S2/c1-9(8-21-2)15-13(18)10-3-4-11-12(7-10)22-14-16-23(19,20)6-5-17(11)14/h3-4,7,9H,5-6,8H2,1-2H3,(H,15,18)/t9-/m1/s1. The van der Waals surface area contributed by atoms with Crippen molar-refractivity contribution in [2.45, 2.75) is 17.9 Å². The van der Waals surface area contributed by atoms with Gasteiger partial charge in [-0.2, -0.15) is 0 Å². The van der Waals surface area contributed by atoms with E-state index in [0.717, 1.165) is 10.6 Å². The Morgan fingerprint density at radius 2 is 2.30 bits per heavy atom. The molecule has 124 valence electrons. The summed E-state index contributed by atoms with van der Waals surface area (Å²) in [5.41, 5.74) is 1.42. The van der Waals surface area contributed by atoms with Gasteiger partial charge in [-0.1, -0.05) is 0 Å². The minimum atomic E-state index is -3.37. The number of benzene rings is 1. The third-order valence-corrected chi connectivity index (χ3v) is 5.84. The van der Waals surface area contributed by atoms with Gasteiger partial charge in [0.25, 0.3) is 15.9 Å². The zero-order chi connectivity index (χ0) is 16.6. The summed E-state index contributed by atoms with van der Waals surface area (Å²) in [6.45, 7) is 2.69. The van der Waals surface area contributed by atoms with Gasteiger partial charge in [0.05, 0.1) is 18.0 Å². The second-order valence-corrected chi connectivity index (χ2v) is 8.19. The Hall–Kier alpha value is -1.58. The van der Waals surface area contributed by atoms with Crippen molar-refractivity contribution in [3.8, 4) is 0 Å². The quantitative estimate of drug-likeness (QED) is 0.869. The summed E-state index contributed by atoms with van der Waals surface area (Å²) in [6, 6.07) is 5.25. The number of nitrogens with zero attached hydrogens (tertiary/aromatic N) is 2. The Morgan fingerprint density at radius 3 is 3.04 bits per heavy atom. The number of fused-ring (bicyclic) bond motifs is 3. The van der Waals surface area contributed by atoms with Gasteiger partial charge in [0.15, 0.2) is 5.17 Å². The minimum Gasteiger partial charge on any atom is -0.383 e. The van der Waals surface area contributed by atoms with E-state index < -0.39 is 10.0 Å². The molecule has 2 aliphatic heterocycles. The van der Waals surface area contributed by atoms with Gasteiger partial charge in [-0.3, -0.25) is 4.79 Å². The van der Waals surface area contributed by atoms with E-state index in [9.17, 15) is 13.2 Å². The molecule has 0 fully saturated rings. The summed E-state index contributed by atoms with van der Waals surface area (Å²) in [6.07, 6.45) is 0. The molecule has 2 aliphatic rings. The first-order valence-corrected chi connectivity index (χ1v) is 9.54. The van der Waals surface area contributed by atoms with Gasteiger partial charge in [-0.25, -0.2) is 8.42 Å². The van der Waals surface area contributed by atoms with Gasteiger partial charge in [0.2, 0.25) is 0 Å². The molecule has 0 saturated heterocycles. The van der Waals surface area contributed by atoms with Crippen molar-refractivity contribution in [2.75, 3.05) is 30.9 Å². The first-order valence-electron chi connectivity index (χ1n) is 7.11. The van der Waals surface area contributed by atoms with Crippen molar-refractivity contribution in [3.05, 3.63) is 23.8 Å². The Kier molecular flexibility index (Phi) is 4.35. The smallest absolute Gasteiger partial charge is 0.257 e. The highest BCUT2D eigenvalue weighted by atomic mass is 32.2. The summed E-state index contributed by atoms with van der Waals surface area (Å²) in [5.74, 6) is -0.176. The molecule has 0 saturated carbocycles. The number of hydrogen-bond acceptors (Lipinski definition) is 6. The summed E-state index contributed by atoms with van der Waals surface area (Å²) in [5, 5.41) is 3.31. The fraction of sp³-hybridized carbons (Fsp3) is 0.429. The van der Waals surface area contributed by atoms with Crippen LogP contribution >= 0.6 is 11.8 Å². The van der Waals surface area contributed by atoms with Crippen LogP contribution in [0, 0.1) is 0 Å². The van der Waals surface area contributed by atoms with Crippen molar-refractivity contribution in [1.82, 2.24) is 5.32 Å². The lowest BCUT2D eigenvalue weighted by atomic mass is 10.1. The summed E-state index contributed by atoms with van der Waals surface area (Å²) < 4.78 is 32.0. The van der Waals surface area contributed by atoms with Gasteiger partial charge in [-0.15, -0.1) is 4.40 Å². The van der Waals surface area contributed by atoms with Gasteiger partial charge in [0, 0.05) is 30.2 Å². The number of methoxy groups -OCH3 is 1. The lowest BCUT2D eigenvalue weighted by molar-refractivity contribution is 0.0905. The first kappa shape index (κ1) is 16.3. The Morgan fingerprint density at radius 1 is 1.52 bits per heavy atom. The third kappa shape index (κ3) is 3.36. The van der Waals surface area contributed by atoms with Crippen LogP contribution < -0.4 is 10.2 Å². The summed E-state index contributed by atoms with van der Waals surface area (Å²) >= 11 is 1.28. The molecule has 1 N–H and O–H groups in total. The van der Waals surface area contributed by atoms with Crippen LogP contribution in [-0.4, -0.2) is 51.5 Å². The number of thioether (sulfide) groups is 1. The zero-order valence-electron chi connectivity index (χ0n) is 12.8. The molecule has 9 heteroatoms. The second kappa shape index (κ2) is 6.14. The van der Waals surface area contributed by atoms with E-state index in [-0.39, 0.29) is 17.7 Å². The number of ether oxygens (including phenoxy) is 1. The highest BCUT2D eigenvalue weighted by molar-refractivity contribution is 8.15. The number of sulfonamides is 1. The second-order valence-electron chi connectivity index (χ2n) is 5.43. The predicted octanol–water partition coefficient (Wildman–Crippen LogP) is 1.06. The lowest BCUT2D eigenvalue weighted by Crippen LogP contribution is -2.36. The molecular formula is C14H17N3O4S2. The number of amidine groups is 1. The number of hydrogen-bond donors (Lipinski definition) is 1. The first-order chi connectivity index (χ1) is 10.9. The number of anilines is 1. The van der Waals surface area contributed by atoms with Crippen LogP contribution in [-0.2, 0) is 14.8 Å². The Balaban J connectivity index is 1.82. The molecule has 2 heterocycles. The maximum atomic E-state index is 12.2. The molecule has 3 rings (SSSR count). The third-order valence-electron chi connectivity index (χ3n) is 3.53. The molecule has 23 heavy (non-hydrogen) atoms. The summed E-state index contributed by atoms with van der Waals surface area (Å²) in [4.78, 5) is 14.9. The molecule has 1 aromatic carbocycles. The Bertz CT molecular complexity index is 776.